The van der Waals surface area contributed by atoms with Crippen LogP contribution in [0.1, 0.15) is 31.0 Å². The van der Waals surface area contributed by atoms with E-state index in [4.69, 9.17) is 14.2 Å². The van der Waals surface area contributed by atoms with E-state index >= 15 is 0 Å². The fourth-order valence-electron chi connectivity index (χ4n) is 3.41. The van der Waals surface area contributed by atoms with Gasteiger partial charge in [0.2, 0.25) is 0 Å². The highest BCUT2D eigenvalue weighted by atomic mass is 19.1. The number of ether oxygens (including phenoxy) is 3. The molecule has 0 fully saturated rings. The molecule has 4 N–H and O–H groups in total. The Bertz CT molecular complexity index is 1140. The van der Waals surface area contributed by atoms with Crippen molar-refractivity contribution in [2.45, 2.75) is 26.1 Å². The highest BCUT2D eigenvalue weighted by Gasteiger charge is 2.32. The summed E-state index contributed by atoms with van der Waals surface area (Å²) in [7, 11) is 1.26. The van der Waals surface area contributed by atoms with E-state index in [1.165, 1.54) is 25.5 Å². The first-order valence-electron chi connectivity index (χ1n) is 10.8. The van der Waals surface area contributed by atoms with Gasteiger partial charge in [0.25, 0.3) is 0 Å². The number of allylic oxidation sites excluding steroid dienone is 1. The molecule has 0 bridgehead atoms. The number of nitrogens with one attached hydrogen (secondary N) is 3. The number of urea groups is 1. The van der Waals surface area contributed by atoms with Crippen molar-refractivity contribution in [3.05, 3.63) is 70.7 Å². The third kappa shape index (κ3) is 6.70. The topological polar surface area (TPSA) is 131 Å². The standard InChI is InChI=1S/C24H27FN4O6/c1-4-34-19-11-16(22-21(23(31)33-3)14(2)27-24(32)28-22)8-9-18(19)35-13-20(30)29-26-12-15-6-5-7-17(25)10-15/h5-12,20,22,29-30H,4,13H2,1-3H3,(H2,27,28,32)/b26-12-/t20-,22+/m0/s1. The molecule has 3 rings (SSSR count). The van der Waals surface area contributed by atoms with Crippen molar-refractivity contribution < 1.29 is 33.3 Å². The molecule has 2 aromatic carbocycles. The van der Waals surface area contributed by atoms with Gasteiger partial charge >= 0.3 is 12.0 Å². The second kappa shape index (κ2) is 11.8. The second-order valence-electron chi connectivity index (χ2n) is 7.47. The van der Waals surface area contributed by atoms with Crippen LogP contribution in [0.3, 0.4) is 0 Å². The molecule has 0 unspecified atom stereocenters. The predicted molar refractivity (Wildman–Crippen MR) is 125 cm³/mol. The van der Waals surface area contributed by atoms with Gasteiger partial charge in [-0.25, -0.2) is 14.0 Å². The maximum Gasteiger partial charge on any atom is 0.337 e. The van der Waals surface area contributed by atoms with Gasteiger partial charge in [0.05, 0.1) is 31.5 Å². The number of rotatable bonds is 10. The van der Waals surface area contributed by atoms with Gasteiger partial charge in [0.15, 0.2) is 17.7 Å². The lowest BCUT2D eigenvalue weighted by atomic mass is 9.95. The van der Waals surface area contributed by atoms with E-state index < -0.39 is 30.1 Å². The quantitative estimate of drug-likeness (QED) is 0.176. The monoisotopic (exact) mass is 486 g/mol. The van der Waals surface area contributed by atoms with Gasteiger partial charge < -0.3 is 30.0 Å². The summed E-state index contributed by atoms with van der Waals surface area (Å²) in [6, 6.07) is 9.57. The molecule has 35 heavy (non-hydrogen) atoms. The number of hydrazone groups is 1. The second-order valence-corrected chi connectivity index (χ2v) is 7.47. The molecular formula is C24H27FN4O6. The minimum atomic E-state index is -1.16. The van der Waals surface area contributed by atoms with Gasteiger partial charge in [0, 0.05) is 5.70 Å². The molecule has 0 saturated carbocycles. The van der Waals surface area contributed by atoms with E-state index in [9.17, 15) is 19.1 Å². The van der Waals surface area contributed by atoms with Crippen molar-refractivity contribution in [2.24, 2.45) is 5.10 Å². The highest BCUT2D eigenvalue weighted by molar-refractivity contribution is 5.95. The molecule has 1 heterocycles. The van der Waals surface area contributed by atoms with Gasteiger partial charge in [-0.15, -0.1) is 0 Å². The molecule has 0 aromatic heterocycles. The zero-order chi connectivity index (χ0) is 25.4. The Hall–Kier alpha value is -4.12. The number of carbonyl (C=O) groups excluding carboxylic acids is 2. The third-order valence-corrected chi connectivity index (χ3v) is 4.96. The number of hydrogen-bond donors (Lipinski definition) is 4. The summed E-state index contributed by atoms with van der Waals surface area (Å²) in [5, 5.41) is 19.3. The summed E-state index contributed by atoms with van der Waals surface area (Å²) in [4.78, 5) is 24.4. The van der Waals surface area contributed by atoms with Gasteiger partial charge in [-0.2, -0.15) is 5.10 Å². The minimum absolute atomic E-state index is 0.170. The third-order valence-electron chi connectivity index (χ3n) is 4.96. The molecule has 1 aliphatic rings. The molecule has 10 nitrogen and oxygen atoms in total. The van der Waals surface area contributed by atoms with Crippen molar-refractivity contribution in [3.8, 4) is 11.5 Å². The lowest BCUT2D eigenvalue weighted by Crippen LogP contribution is -2.45. The van der Waals surface area contributed by atoms with Crippen LogP contribution in [0.25, 0.3) is 0 Å². The van der Waals surface area contributed by atoms with Crippen molar-refractivity contribution in [1.82, 2.24) is 16.1 Å². The SMILES string of the molecule is CCOc1cc([C@H]2NC(=O)NC(C)=C2C(=O)OC)ccc1OC[C@H](O)N/N=C\c1cccc(F)c1. The summed E-state index contributed by atoms with van der Waals surface area (Å²) in [6.45, 7) is 3.57. The van der Waals surface area contributed by atoms with E-state index in [1.54, 1.807) is 44.2 Å². The van der Waals surface area contributed by atoms with E-state index in [1.807, 2.05) is 0 Å². The average Bonchev–Trinajstić information content (AvgIpc) is 2.82. The van der Waals surface area contributed by atoms with Gasteiger partial charge in [-0.05, 0) is 49.2 Å². The van der Waals surface area contributed by atoms with E-state index in [-0.39, 0.29) is 12.2 Å². The van der Waals surface area contributed by atoms with Gasteiger partial charge in [0.1, 0.15) is 12.4 Å². The van der Waals surface area contributed by atoms with Crippen LogP contribution < -0.4 is 25.5 Å². The molecule has 0 spiro atoms. The fraction of sp³-hybridized carbons (Fsp3) is 0.292. The number of esters is 1. The number of hydrogen-bond acceptors (Lipinski definition) is 8. The van der Waals surface area contributed by atoms with Gasteiger partial charge in [-0.1, -0.05) is 18.2 Å². The van der Waals surface area contributed by atoms with Crippen LogP contribution >= 0.6 is 0 Å². The Balaban J connectivity index is 1.71. The number of nitrogens with zero attached hydrogens (tertiary/aromatic N) is 1. The first-order chi connectivity index (χ1) is 16.8. The number of halogens is 1. The Labute approximate surface area is 201 Å². The molecule has 11 heteroatoms. The van der Waals surface area contributed by atoms with Crippen LogP contribution in [0.5, 0.6) is 11.5 Å². The van der Waals surface area contributed by atoms with Crippen molar-refractivity contribution >= 4 is 18.2 Å². The van der Waals surface area contributed by atoms with Crippen molar-refractivity contribution in [2.75, 3.05) is 20.3 Å². The van der Waals surface area contributed by atoms with Crippen LogP contribution in [0, 0.1) is 5.82 Å². The Morgan fingerprint density at radius 1 is 1.26 bits per heavy atom. The van der Waals surface area contributed by atoms with E-state index in [0.717, 1.165) is 0 Å². The number of carbonyl (C=O) groups is 2. The first-order valence-corrected chi connectivity index (χ1v) is 10.8. The first kappa shape index (κ1) is 25.5. The zero-order valence-corrected chi connectivity index (χ0v) is 19.5. The zero-order valence-electron chi connectivity index (χ0n) is 19.5. The molecule has 1 aliphatic heterocycles. The normalized spacial score (nSPS) is 16.4. The van der Waals surface area contributed by atoms with Crippen molar-refractivity contribution in [1.29, 1.82) is 0 Å². The molecule has 0 aliphatic carbocycles. The molecule has 2 amide bonds. The Morgan fingerprint density at radius 3 is 2.77 bits per heavy atom. The smallest absolute Gasteiger partial charge is 0.337 e. The average molecular weight is 487 g/mol. The summed E-state index contributed by atoms with van der Waals surface area (Å²) in [6.07, 6.45) is 0.211. The summed E-state index contributed by atoms with van der Waals surface area (Å²) in [5.74, 6) is -0.273. The lowest BCUT2D eigenvalue weighted by molar-refractivity contribution is -0.136. The van der Waals surface area contributed by atoms with Crippen LogP contribution in [0.2, 0.25) is 0 Å². The van der Waals surface area contributed by atoms with Crippen molar-refractivity contribution in [3.63, 3.8) is 0 Å². The minimum Gasteiger partial charge on any atom is -0.490 e. The molecule has 0 saturated heterocycles. The maximum atomic E-state index is 13.2. The number of aliphatic hydroxyl groups excluding tert-OH is 1. The van der Waals surface area contributed by atoms with Crippen LogP contribution in [-0.4, -0.2) is 49.9 Å². The van der Waals surface area contributed by atoms with Crippen LogP contribution in [0.4, 0.5) is 9.18 Å². The number of aliphatic hydroxyl groups is 1. The molecule has 0 radical (unpaired) electrons. The Morgan fingerprint density at radius 2 is 2.06 bits per heavy atom. The predicted octanol–water partition coefficient (Wildman–Crippen LogP) is 2.35. The lowest BCUT2D eigenvalue weighted by Gasteiger charge is -2.28. The maximum absolute atomic E-state index is 13.2. The summed E-state index contributed by atoms with van der Waals surface area (Å²) < 4.78 is 29.4. The number of methoxy groups -OCH3 is 1. The molecule has 186 valence electrons. The fourth-order valence-corrected chi connectivity index (χ4v) is 3.41. The number of benzene rings is 2. The highest BCUT2D eigenvalue weighted by Crippen LogP contribution is 2.34. The molecule has 2 atom stereocenters. The van der Waals surface area contributed by atoms with E-state index in [2.05, 4.69) is 21.2 Å². The molecule has 2 aromatic rings. The van der Waals surface area contributed by atoms with Crippen LogP contribution in [-0.2, 0) is 9.53 Å². The Kier molecular flexibility index (Phi) is 8.63. The van der Waals surface area contributed by atoms with E-state index in [0.29, 0.717) is 34.9 Å². The van der Waals surface area contributed by atoms with Gasteiger partial charge in [-0.3, -0.25) is 5.43 Å². The molecular weight excluding hydrogens is 459 g/mol. The largest absolute Gasteiger partial charge is 0.490 e. The number of amides is 2. The summed E-state index contributed by atoms with van der Waals surface area (Å²) in [5.41, 5.74) is 4.25. The summed E-state index contributed by atoms with van der Waals surface area (Å²) >= 11 is 0. The van der Waals surface area contributed by atoms with Crippen LogP contribution in [0.15, 0.2) is 58.8 Å².